The molecule has 0 aromatic carbocycles. The van der Waals surface area contributed by atoms with Crippen molar-refractivity contribution in [3.05, 3.63) is 0 Å². The van der Waals surface area contributed by atoms with Crippen molar-refractivity contribution < 1.29 is 9.53 Å². The molecular formula is C12H25NO2. The minimum absolute atomic E-state index is 0.0813. The fraction of sp³-hybridized carbons (Fsp3) is 0.917. The summed E-state index contributed by atoms with van der Waals surface area (Å²) in [6.45, 7) is 10.9. The van der Waals surface area contributed by atoms with Gasteiger partial charge in [-0.2, -0.15) is 0 Å². The Balaban J connectivity index is 3.99. The van der Waals surface area contributed by atoms with Crippen LogP contribution in [0.4, 0.5) is 0 Å². The van der Waals surface area contributed by atoms with Crippen molar-refractivity contribution in [1.29, 1.82) is 0 Å². The summed E-state index contributed by atoms with van der Waals surface area (Å²) in [7, 11) is 0. The summed E-state index contributed by atoms with van der Waals surface area (Å²) in [5, 5.41) is 0. The highest BCUT2D eigenvalue weighted by molar-refractivity contribution is 5.70. The smallest absolute Gasteiger partial charge is 0.307 e. The lowest BCUT2D eigenvalue weighted by Crippen LogP contribution is -2.36. The summed E-state index contributed by atoms with van der Waals surface area (Å²) < 4.78 is 4.95. The summed E-state index contributed by atoms with van der Waals surface area (Å²) in [6, 6.07) is 0.295. The highest BCUT2D eigenvalue weighted by Gasteiger charge is 2.16. The summed E-state index contributed by atoms with van der Waals surface area (Å²) >= 11 is 0. The molecule has 90 valence electrons. The largest absolute Gasteiger partial charge is 0.466 e. The van der Waals surface area contributed by atoms with Gasteiger partial charge in [0.2, 0.25) is 0 Å². The molecule has 0 amide bonds. The molecule has 0 radical (unpaired) electrons. The fourth-order valence-electron chi connectivity index (χ4n) is 1.72. The number of carbonyl (C=O) groups is 1. The number of ether oxygens (including phenoxy) is 1. The Morgan fingerprint density at radius 3 is 2.13 bits per heavy atom. The predicted octanol–water partition coefficient (Wildman–Crippen LogP) is 2.45. The minimum Gasteiger partial charge on any atom is -0.466 e. The van der Waals surface area contributed by atoms with Crippen LogP contribution in [0.2, 0.25) is 0 Å². The summed E-state index contributed by atoms with van der Waals surface area (Å²) in [4.78, 5) is 13.7. The first kappa shape index (κ1) is 14.4. The standard InChI is InChI=1S/C12H25NO2/c1-5-8-13(9-6-2)11(4)10-12(14)15-7-3/h11H,5-10H2,1-4H3. The zero-order valence-corrected chi connectivity index (χ0v) is 10.6. The van der Waals surface area contributed by atoms with E-state index in [1.807, 2.05) is 6.92 Å². The quantitative estimate of drug-likeness (QED) is 0.582. The summed E-state index contributed by atoms with van der Waals surface area (Å²) in [6.07, 6.45) is 2.77. The molecule has 0 aromatic heterocycles. The van der Waals surface area contributed by atoms with E-state index in [0.717, 1.165) is 25.9 Å². The number of carbonyl (C=O) groups excluding carboxylic acids is 1. The SMILES string of the molecule is CCCN(CCC)C(C)CC(=O)OCC. The highest BCUT2D eigenvalue weighted by atomic mass is 16.5. The topological polar surface area (TPSA) is 29.5 Å². The van der Waals surface area contributed by atoms with E-state index >= 15 is 0 Å². The van der Waals surface area contributed by atoms with Crippen LogP contribution >= 0.6 is 0 Å². The Morgan fingerprint density at radius 1 is 1.20 bits per heavy atom. The molecule has 0 aliphatic carbocycles. The molecule has 1 atom stereocenters. The number of rotatable bonds is 8. The van der Waals surface area contributed by atoms with E-state index in [0.29, 0.717) is 19.1 Å². The van der Waals surface area contributed by atoms with Gasteiger partial charge in [0.15, 0.2) is 0 Å². The Bertz CT molecular complexity index is 165. The van der Waals surface area contributed by atoms with Crippen molar-refractivity contribution in [1.82, 2.24) is 4.90 Å². The molecule has 0 heterocycles. The molecule has 0 aliphatic rings. The van der Waals surface area contributed by atoms with Gasteiger partial charge in [0.1, 0.15) is 0 Å². The molecule has 15 heavy (non-hydrogen) atoms. The van der Waals surface area contributed by atoms with Crippen LogP contribution in [0, 0.1) is 0 Å². The lowest BCUT2D eigenvalue weighted by atomic mass is 10.2. The maximum Gasteiger partial charge on any atom is 0.307 e. The first-order valence-corrected chi connectivity index (χ1v) is 6.05. The molecule has 0 spiro atoms. The Kier molecular flexibility index (Phi) is 8.38. The van der Waals surface area contributed by atoms with E-state index in [-0.39, 0.29) is 5.97 Å². The number of hydrogen-bond donors (Lipinski definition) is 0. The van der Waals surface area contributed by atoms with Crippen LogP contribution in [0.5, 0.6) is 0 Å². The average Bonchev–Trinajstić information content (AvgIpc) is 2.17. The van der Waals surface area contributed by atoms with Gasteiger partial charge in [0.05, 0.1) is 13.0 Å². The van der Waals surface area contributed by atoms with E-state index in [2.05, 4.69) is 25.7 Å². The van der Waals surface area contributed by atoms with E-state index in [9.17, 15) is 4.79 Å². The van der Waals surface area contributed by atoms with Crippen LogP contribution in [-0.2, 0) is 9.53 Å². The van der Waals surface area contributed by atoms with Gasteiger partial charge in [-0.05, 0) is 39.8 Å². The molecule has 3 nitrogen and oxygen atoms in total. The van der Waals surface area contributed by atoms with Gasteiger partial charge in [-0.15, -0.1) is 0 Å². The van der Waals surface area contributed by atoms with Gasteiger partial charge in [-0.25, -0.2) is 0 Å². The van der Waals surface area contributed by atoms with Crippen LogP contribution in [0.25, 0.3) is 0 Å². The normalized spacial score (nSPS) is 12.9. The second-order valence-corrected chi connectivity index (χ2v) is 3.89. The van der Waals surface area contributed by atoms with Gasteiger partial charge >= 0.3 is 5.97 Å². The Morgan fingerprint density at radius 2 is 1.73 bits per heavy atom. The lowest BCUT2D eigenvalue weighted by Gasteiger charge is -2.27. The van der Waals surface area contributed by atoms with E-state index in [1.165, 1.54) is 0 Å². The van der Waals surface area contributed by atoms with Gasteiger partial charge in [0, 0.05) is 6.04 Å². The van der Waals surface area contributed by atoms with Crippen molar-refractivity contribution in [2.75, 3.05) is 19.7 Å². The van der Waals surface area contributed by atoms with Crippen molar-refractivity contribution in [3.63, 3.8) is 0 Å². The number of hydrogen-bond acceptors (Lipinski definition) is 3. The molecule has 0 rings (SSSR count). The average molecular weight is 215 g/mol. The van der Waals surface area contributed by atoms with E-state index in [1.54, 1.807) is 0 Å². The third-order valence-corrected chi connectivity index (χ3v) is 2.41. The third-order valence-electron chi connectivity index (χ3n) is 2.41. The van der Waals surface area contributed by atoms with Crippen LogP contribution in [0.1, 0.15) is 47.0 Å². The molecule has 0 bridgehead atoms. The molecule has 0 aliphatic heterocycles. The second kappa shape index (κ2) is 8.72. The van der Waals surface area contributed by atoms with Crippen LogP contribution in [0.3, 0.4) is 0 Å². The maximum absolute atomic E-state index is 11.3. The molecule has 3 heteroatoms. The predicted molar refractivity (Wildman–Crippen MR) is 62.9 cm³/mol. The Labute approximate surface area is 93.8 Å². The monoisotopic (exact) mass is 215 g/mol. The third kappa shape index (κ3) is 6.50. The fourth-order valence-corrected chi connectivity index (χ4v) is 1.72. The summed E-state index contributed by atoms with van der Waals surface area (Å²) in [5.74, 6) is -0.0813. The van der Waals surface area contributed by atoms with Gasteiger partial charge in [-0.1, -0.05) is 13.8 Å². The first-order valence-electron chi connectivity index (χ1n) is 6.05. The van der Waals surface area contributed by atoms with Gasteiger partial charge in [0.25, 0.3) is 0 Å². The van der Waals surface area contributed by atoms with Gasteiger partial charge in [-0.3, -0.25) is 4.79 Å². The maximum atomic E-state index is 11.3. The molecular weight excluding hydrogens is 190 g/mol. The van der Waals surface area contributed by atoms with Gasteiger partial charge < -0.3 is 9.64 Å². The molecule has 0 saturated carbocycles. The highest BCUT2D eigenvalue weighted by Crippen LogP contribution is 2.07. The molecule has 0 N–H and O–H groups in total. The second-order valence-electron chi connectivity index (χ2n) is 3.89. The van der Waals surface area contributed by atoms with Crippen molar-refractivity contribution in [2.45, 2.75) is 53.0 Å². The molecule has 1 unspecified atom stereocenters. The first-order chi connectivity index (χ1) is 7.15. The number of nitrogens with zero attached hydrogens (tertiary/aromatic N) is 1. The van der Waals surface area contributed by atoms with E-state index < -0.39 is 0 Å². The van der Waals surface area contributed by atoms with Crippen molar-refractivity contribution in [3.8, 4) is 0 Å². The minimum atomic E-state index is -0.0813. The number of esters is 1. The van der Waals surface area contributed by atoms with Crippen LogP contribution in [0.15, 0.2) is 0 Å². The Hall–Kier alpha value is -0.570. The molecule has 0 aromatic rings. The van der Waals surface area contributed by atoms with Crippen molar-refractivity contribution in [2.24, 2.45) is 0 Å². The zero-order valence-electron chi connectivity index (χ0n) is 10.6. The van der Waals surface area contributed by atoms with Crippen molar-refractivity contribution >= 4 is 5.97 Å². The van der Waals surface area contributed by atoms with E-state index in [4.69, 9.17) is 4.74 Å². The molecule has 0 saturated heterocycles. The van der Waals surface area contributed by atoms with Crippen LogP contribution < -0.4 is 0 Å². The van der Waals surface area contributed by atoms with Crippen LogP contribution in [-0.4, -0.2) is 36.6 Å². The molecule has 0 fully saturated rings. The summed E-state index contributed by atoms with van der Waals surface area (Å²) in [5.41, 5.74) is 0. The lowest BCUT2D eigenvalue weighted by molar-refractivity contribution is -0.144. The zero-order chi connectivity index (χ0) is 11.7.